The minimum atomic E-state index is 0.194. The van der Waals surface area contributed by atoms with Gasteiger partial charge >= 0.3 is 0 Å². The van der Waals surface area contributed by atoms with Crippen LogP contribution in [0.5, 0.6) is 5.75 Å². The van der Waals surface area contributed by atoms with Crippen LogP contribution in [-0.2, 0) is 6.42 Å². The van der Waals surface area contributed by atoms with Gasteiger partial charge in [-0.3, -0.25) is 4.98 Å². The van der Waals surface area contributed by atoms with Gasteiger partial charge in [0.2, 0.25) is 0 Å². The lowest BCUT2D eigenvalue weighted by molar-refractivity contribution is 0.357. The number of ether oxygens (including phenoxy) is 1. The highest BCUT2D eigenvalue weighted by atomic mass is 16.5. The molecule has 0 spiro atoms. The summed E-state index contributed by atoms with van der Waals surface area (Å²) in [5.74, 6) is 1.03. The Hall–Kier alpha value is -1.87. The van der Waals surface area contributed by atoms with E-state index in [1.165, 1.54) is 22.3 Å². The summed E-state index contributed by atoms with van der Waals surface area (Å²) in [5, 5.41) is 3.57. The van der Waals surface area contributed by atoms with Crippen LogP contribution in [-0.4, -0.2) is 18.1 Å². The number of benzene rings is 1. The van der Waals surface area contributed by atoms with Crippen LogP contribution in [0.25, 0.3) is 0 Å². The number of rotatable bonds is 4. The standard InChI is InChI=1S/C17H20N2O/c1-3-19-17(15-11-18-8-6-12(15)2)14-4-5-16-13(10-14)7-9-20-16/h4-6,8,10-11,17,19H,3,7,9H2,1-2H3. The van der Waals surface area contributed by atoms with Crippen LogP contribution in [0.4, 0.5) is 0 Å². The number of pyridine rings is 1. The molecule has 0 saturated carbocycles. The normalized spacial score (nSPS) is 14.7. The molecule has 1 aliphatic rings. The van der Waals surface area contributed by atoms with Gasteiger partial charge in [-0.1, -0.05) is 19.1 Å². The van der Waals surface area contributed by atoms with Crippen molar-refractivity contribution >= 4 is 0 Å². The van der Waals surface area contributed by atoms with Crippen molar-refractivity contribution in [3.05, 3.63) is 58.9 Å². The van der Waals surface area contributed by atoms with E-state index in [0.29, 0.717) is 0 Å². The van der Waals surface area contributed by atoms with E-state index in [4.69, 9.17) is 4.74 Å². The fraction of sp³-hybridized carbons (Fsp3) is 0.353. The molecule has 0 bridgehead atoms. The topological polar surface area (TPSA) is 34.1 Å². The van der Waals surface area contributed by atoms with Crippen molar-refractivity contribution in [2.75, 3.05) is 13.2 Å². The van der Waals surface area contributed by atoms with Gasteiger partial charge in [0.05, 0.1) is 12.6 Å². The number of hydrogen-bond acceptors (Lipinski definition) is 3. The zero-order valence-corrected chi connectivity index (χ0v) is 12.0. The molecular formula is C17H20N2O. The van der Waals surface area contributed by atoms with Crippen molar-refractivity contribution in [2.24, 2.45) is 0 Å². The number of hydrogen-bond donors (Lipinski definition) is 1. The molecule has 1 aromatic carbocycles. The molecule has 1 atom stereocenters. The van der Waals surface area contributed by atoms with E-state index in [2.05, 4.69) is 48.4 Å². The smallest absolute Gasteiger partial charge is 0.122 e. The fourth-order valence-electron chi connectivity index (χ4n) is 2.78. The molecule has 2 aromatic rings. The molecule has 2 heterocycles. The maximum atomic E-state index is 5.59. The zero-order valence-electron chi connectivity index (χ0n) is 12.0. The lowest BCUT2D eigenvalue weighted by Gasteiger charge is -2.21. The summed E-state index contributed by atoms with van der Waals surface area (Å²) in [4.78, 5) is 4.28. The third-order valence-corrected chi connectivity index (χ3v) is 3.85. The number of nitrogens with one attached hydrogen (secondary N) is 1. The molecule has 0 radical (unpaired) electrons. The van der Waals surface area contributed by atoms with E-state index in [1.807, 2.05) is 12.4 Å². The van der Waals surface area contributed by atoms with Gasteiger partial charge in [-0.25, -0.2) is 0 Å². The molecule has 1 unspecified atom stereocenters. The Morgan fingerprint density at radius 3 is 3.05 bits per heavy atom. The molecule has 0 saturated heterocycles. The first kappa shape index (κ1) is 13.1. The molecule has 104 valence electrons. The average Bonchev–Trinajstić information content (AvgIpc) is 2.93. The van der Waals surface area contributed by atoms with E-state index in [1.54, 1.807) is 0 Å². The molecule has 0 aliphatic carbocycles. The van der Waals surface area contributed by atoms with Crippen molar-refractivity contribution in [2.45, 2.75) is 26.3 Å². The number of aryl methyl sites for hydroxylation is 1. The Morgan fingerprint density at radius 1 is 1.35 bits per heavy atom. The largest absolute Gasteiger partial charge is 0.493 e. The first-order valence-electron chi connectivity index (χ1n) is 7.19. The van der Waals surface area contributed by atoms with E-state index in [0.717, 1.165) is 25.3 Å². The van der Waals surface area contributed by atoms with Gasteiger partial charge in [0.25, 0.3) is 0 Å². The predicted molar refractivity (Wildman–Crippen MR) is 80.1 cm³/mol. The molecule has 1 aliphatic heterocycles. The second-order valence-corrected chi connectivity index (χ2v) is 5.19. The molecule has 1 N–H and O–H groups in total. The zero-order chi connectivity index (χ0) is 13.9. The SMILES string of the molecule is CCNC(c1ccc2c(c1)CCO2)c1cnccc1C. The van der Waals surface area contributed by atoms with Crippen LogP contribution in [0.15, 0.2) is 36.7 Å². The van der Waals surface area contributed by atoms with Crippen LogP contribution in [0, 0.1) is 6.92 Å². The molecule has 20 heavy (non-hydrogen) atoms. The van der Waals surface area contributed by atoms with Crippen molar-refractivity contribution in [3.63, 3.8) is 0 Å². The van der Waals surface area contributed by atoms with Crippen LogP contribution in [0.1, 0.15) is 35.2 Å². The fourth-order valence-corrected chi connectivity index (χ4v) is 2.78. The van der Waals surface area contributed by atoms with Gasteiger partial charge < -0.3 is 10.1 Å². The molecule has 0 fully saturated rings. The quantitative estimate of drug-likeness (QED) is 0.925. The molecule has 0 amide bonds. The summed E-state index contributed by atoms with van der Waals surface area (Å²) in [6, 6.07) is 8.77. The first-order valence-corrected chi connectivity index (χ1v) is 7.19. The van der Waals surface area contributed by atoms with Crippen LogP contribution in [0.2, 0.25) is 0 Å². The second-order valence-electron chi connectivity index (χ2n) is 5.19. The second kappa shape index (κ2) is 5.63. The average molecular weight is 268 g/mol. The van der Waals surface area contributed by atoms with E-state index >= 15 is 0 Å². The van der Waals surface area contributed by atoms with Gasteiger partial charge in [-0.05, 0) is 47.9 Å². The lowest BCUT2D eigenvalue weighted by atomic mass is 9.95. The molecule has 1 aromatic heterocycles. The van der Waals surface area contributed by atoms with Crippen LogP contribution >= 0.6 is 0 Å². The monoisotopic (exact) mass is 268 g/mol. The van der Waals surface area contributed by atoms with Crippen molar-refractivity contribution < 1.29 is 4.74 Å². The van der Waals surface area contributed by atoms with Gasteiger partial charge in [-0.2, -0.15) is 0 Å². The highest BCUT2D eigenvalue weighted by molar-refractivity contribution is 5.44. The summed E-state index contributed by atoms with van der Waals surface area (Å²) in [7, 11) is 0. The van der Waals surface area contributed by atoms with Crippen molar-refractivity contribution in [3.8, 4) is 5.75 Å². The van der Waals surface area contributed by atoms with Crippen LogP contribution < -0.4 is 10.1 Å². The van der Waals surface area contributed by atoms with Gasteiger partial charge in [-0.15, -0.1) is 0 Å². The van der Waals surface area contributed by atoms with Gasteiger partial charge in [0.1, 0.15) is 5.75 Å². The van der Waals surface area contributed by atoms with Crippen LogP contribution in [0.3, 0.4) is 0 Å². The highest BCUT2D eigenvalue weighted by Gasteiger charge is 2.19. The van der Waals surface area contributed by atoms with E-state index in [-0.39, 0.29) is 6.04 Å². The van der Waals surface area contributed by atoms with Crippen molar-refractivity contribution in [1.82, 2.24) is 10.3 Å². The van der Waals surface area contributed by atoms with Gasteiger partial charge in [0, 0.05) is 18.8 Å². The Labute approximate surface area is 120 Å². The number of fused-ring (bicyclic) bond motifs is 1. The van der Waals surface area contributed by atoms with Crippen molar-refractivity contribution in [1.29, 1.82) is 0 Å². The minimum absolute atomic E-state index is 0.194. The maximum absolute atomic E-state index is 5.59. The predicted octanol–water partition coefficient (Wildman–Crippen LogP) is 3.02. The first-order chi connectivity index (χ1) is 9.79. The third-order valence-electron chi connectivity index (χ3n) is 3.85. The number of aromatic nitrogens is 1. The highest BCUT2D eigenvalue weighted by Crippen LogP contribution is 2.31. The lowest BCUT2D eigenvalue weighted by Crippen LogP contribution is -2.23. The summed E-state index contributed by atoms with van der Waals surface area (Å²) in [6.45, 7) is 6.00. The maximum Gasteiger partial charge on any atom is 0.122 e. The van der Waals surface area contributed by atoms with E-state index < -0.39 is 0 Å². The van der Waals surface area contributed by atoms with Gasteiger partial charge in [0.15, 0.2) is 0 Å². The molecule has 3 rings (SSSR count). The summed E-state index contributed by atoms with van der Waals surface area (Å²) in [6.07, 6.45) is 4.82. The molecule has 3 heteroatoms. The Bertz CT molecular complexity index is 610. The Kier molecular flexibility index (Phi) is 3.70. The molecular weight excluding hydrogens is 248 g/mol. The Balaban J connectivity index is 2.01. The minimum Gasteiger partial charge on any atom is -0.493 e. The summed E-state index contributed by atoms with van der Waals surface area (Å²) in [5.41, 5.74) is 5.11. The Morgan fingerprint density at radius 2 is 2.25 bits per heavy atom. The third kappa shape index (κ3) is 2.41. The summed E-state index contributed by atoms with van der Waals surface area (Å²) < 4.78 is 5.59. The summed E-state index contributed by atoms with van der Waals surface area (Å²) >= 11 is 0. The van der Waals surface area contributed by atoms with E-state index in [9.17, 15) is 0 Å². The number of nitrogens with zero attached hydrogens (tertiary/aromatic N) is 1. The molecule has 3 nitrogen and oxygen atoms in total.